The van der Waals surface area contributed by atoms with Crippen LogP contribution in [0.15, 0.2) is 94.4 Å². The Morgan fingerprint density at radius 3 is 2.35 bits per heavy atom. The molecule has 0 bridgehead atoms. The summed E-state index contributed by atoms with van der Waals surface area (Å²) in [7, 11) is 2.89. The van der Waals surface area contributed by atoms with Gasteiger partial charge in [0, 0.05) is 5.69 Å². The van der Waals surface area contributed by atoms with Gasteiger partial charge in [0.1, 0.15) is 12.6 Å². The molecule has 3 aromatic carbocycles. The van der Waals surface area contributed by atoms with Crippen molar-refractivity contribution in [2.75, 3.05) is 17.3 Å². The zero-order valence-electron chi connectivity index (χ0n) is 23.2. The lowest BCUT2D eigenvalue weighted by Crippen LogP contribution is -2.42. The molecule has 218 valence electrons. The molecule has 13 heteroatoms. The van der Waals surface area contributed by atoms with E-state index in [1.54, 1.807) is 78.7 Å². The molecule has 0 aliphatic carbocycles. The minimum absolute atomic E-state index is 0.0272. The second-order valence-corrected chi connectivity index (χ2v) is 9.85. The fraction of sp³-hybridized carbons (Fsp3) is 0.167. The number of aryl methyl sites for hydroxylation is 1. The number of nitrogens with zero attached hydrogens (tertiary/aromatic N) is 5. The fourth-order valence-electron chi connectivity index (χ4n) is 4.52. The van der Waals surface area contributed by atoms with E-state index in [2.05, 4.69) is 15.6 Å². The average molecular weight is 599 g/mol. The topological polar surface area (TPSA) is 144 Å². The van der Waals surface area contributed by atoms with Crippen molar-refractivity contribution in [1.82, 2.24) is 10.2 Å². The van der Waals surface area contributed by atoms with Gasteiger partial charge in [0.15, 0.2) is 12.2 Å². The molecule has 2 heterocycles. The van der Waals surface area contributed by atoms with Crippen molar-refractivity contribution in [1.29, 1.82) is 0 Å². The Balaban J connectivity index is 1.42. The number of ether oxygens (including phenoxy) is 1. The van der Waals surface area contributed by atoms with E-state index in [-0.39, 0.29) is 24.0 Å². The van der Waals surface area contributed by atoms with Crippen molar-refractivity contribution in [2.45, 2.75) is 19.0 Å². The van der Waals surface area contributed by atoms with E-state index in [1.165, 1.54) is 28.8 Å². The predicted molar refractivity (Wildman–Crippen MR) is 157 cm³/mol. The molecular weight excluding hydrogens is 572 g/mol. The summed E-state index contributed by atoms with van der Waals surface area (Å²) in [5, 5.41) is 19.6. The molecule has 0 saturated carbocycles. The van der Waals surface area contributed by atoms with Crippen molar-refractivity contribution in [2.24, 2.45) is 12.0 Å². The zero-order valence-corrected chi connectivity index (χ0v) is 24.0. The van der Waals surface area contributed by atoms with Gasteiger partial charge in [-0.2, -0.15) is 0 Å². The van der Waals surface area contributed by atoms with Crippen LogP contribution in [0.2, 0.25) is 0 Å². The highest BCUT2D eigenvalue weighted by Crippen LogP contribution is 2.30. The number of aromatic nitrogens is 2. The molecule has 43 heavy (non-hydrogen) atoms. The van der Waals surface area contributed by atoms with Crippen molar-refractivity contribution >= 4 is 58.3 Å². The van der Waals surface area contributed by atoms with Gasteiger partial charge in [-0.3, -0.25) is 19.0 Å². The number of aliphatic imine (C=N–C) groups is 1. The van der Waals surface area contributed by atoms with E-state index in [0.717, 1.165) is 0 Å². The number of carbonyl (C=O) groups excluding carboxylic acids is 3. The third kappa shape index (κ3) is 6.26. The quantitative estimate of drug-likeness (QED) is 0.101. The molecule has 12 nitrogen and oxygen atoms in total. The van der Waals surface area contributed by atoms with Crippen molar-refractivity contribution in [3.63, 3.8) is 0 Å². The highest BCUT2D eigenvalue weighted by molar-refractivity contribution is 7.80. The molecule has 1 fully saturated rings. The summed E-state index contributed by atoms with van der Waals surface area (Å²) < 4.78 is 11.4. The van der Waals surface area contributed by atoms with Crippen LogP contribution in [-0.4, -0.2) is 52.1 Å². The average Bonchev–Trinajstić information content (AvgIpc) is 3.48. The van der Waals surface area contributed by atoms with Gasteiger partial charge >= 0.3 is 11.9 Å². The normalized spacial score (nSPS) is 15.1. The SMILES string of the molecule is COC(=O)c1ccc(NC(=O)CC2C(=O)N(c3ccccc3)C(=S)N2Cc2c(/N=C(\[O-])c3ccccc3)on[n+]2C)cc1. The van der Waals surface area contributed by atoms with Crippen LogP contribution in [0.4, 0.5) is 17.3 Å². The van der Waals surface area contributed by atoms with Gasteiger partial charge in [-0.25, -0.2) is 9.79 Å². The molecule has 0 spiro atoms. The highest BCUT2D eigenvalue weighted by atomic mass is 32.1. The molecule has 1 aliphatic heterocycles. The summed E-state index contributed by atoms with van der Waals surface area (Å²) in [6.45, 7) is -0.0272. The van der Waals surface area contributed by atoms with Gasteiger partial charge in [0.05, 0.1) is 24.8 Å². The molecule has 1 saturated heterocycles. The number of carbonyl (C=O) groups is 3. The number of nitrogens with one attached hydrogen (secondary N) is 1. The summed E-state index contributed by atoms with van der Waals surface area (Å²) >= 11 is 5.75. The summed E-state index contributed by atoms with van der Waals surface area (Å²) in [5.41, 5.74) is 2.04. The lowest BCUT2D eigenvalue weighted by molar-refractivity contribution is -0.746. The van der Waals surface area contributed by atoms with Crippen LogP contribution >= 0.6 is 12.2 Å². The minimum Gasteiger partial charge on any atom is -0.858 e. The maximum absolute atomic E-state index is 13.8. The number of anilines is 2. The largest absolute Gasteiger partial charge is 0.858 e. The Hall–Kier alpha value is -5.43. The number of esters is 1. The first-order valence-electron chi connectivity index (χ1n) is 13.1. The molecule has 0 radical (unpaired) electrons. The van der Waals surface area contributed by atoms with Crippen molar-refractivity contribution in [3.05, 3.63) is 102 Å². The predicted octanol–water partition coefficient (Wildman–Crippen LogP) is 2.26. The van der Waals surface area contributed by atoms with Crippen molar-refractivity contribution < 1.29 is 33.4 Å². The molecule has 2 amide bonds. The van der Waals surface area contributed by atoms with Crippen LogP contribution in [-0.2, 0) is 27.9 Å². The van der Waals surface area contributed by atoms with Gasteiger partial charge in [-0.1, -0.05) is 48.5 Å². The standard InChI is InChI=1S/C30H26N6O6S/c1-34-24(27(42-33-34)32-26(38)19-9-5-3-6-10-19)18-35-23(28(39)36(30(35)43)22-11-7-4-8-12-22)17-25(37)31-21-15-13-20(14-16-21)29(40)41-2/h3-16,23H,17-18H2,1-2H3,(H-,31,32,33,37,38,40). The number of hydrogen-bond donors (Lipinski definition) is 1. The van der Waals surface area contributed by atoms with Gasteiger partial charge in [0.25, 0.3) is 11.6 Å². The highest BCUT2D eigenvalue weighted by Gasteiger charge is 2.46. The molecule has 5 rings (SSSR count). The second-order valence-electron chi connectivity index (χ2n) is 9.49. The Kier molecular flexibility index (Phi) is 8.53. The van der Waals surface area contributed by atoms with Gasteiger partial charge in [-0.15, -0.1) is 0 Å². The lowest BCUT2D eigenvalue weighted by Gasteiger charge is -2.22. The Labute approximate surface area is 251 Å². The van der Waals surface area contributed by atoms with Crippen LogP contribution in [0, 0.1) is 0 Å². The minimum atomic E-state index is -0.991. The third-order valence-electron chi connectivity index (χ3n) is 6.73. The summed E-state index contributed by atoms with van der Waals surface area (Å²) in [4.78, 5) is 45.8. The molecule has 1 N–H and O–H groups in total. The van der Waals surface area contributed by atoms with E-state index in [1.807, 2.05) is 6.07 Å². The molecule has 1 atom stereocenters. The van der Waals surface area contributed by atoms with Crippen LogP contribution in [0.25, 0.3) is 0 Å². The van der Waals surface area contributed by atoms with Crippen LogP contribution < -0.4 is 20.0 Å². The number of hydrogen-bond acceptors (Lipinski definition) is 9. The number of amides is 2. The number of rotatable bonds is 9. The maximum atomic E-state index is 13.8. The zero-order chi connectivity index (χ0) is 30.5. The molecule has 1 aliphatic rings. The summed E-state index contributed by atoms with van der Waals surface area (Å²) in [6.07, 6.45) is -0.245. The second kappa shape index (κ2) is 12.6. The Bertz CT molecular complexity index is 1690. The molecule has 4 aromatic rings. The molecular formula is C30H26N6O6S. The van der Waals surface area contributed by atoms with E-state index < -0.39 is 29.7 Å². The maximum Gasteiger partial charge on any atom is 0.337 e. The number of para-hydroxylation sites is 1. The van der Waals surface area contributed by atoms with E-state index >= 15 is 0 Å². The van der Waals surface area contributed by atoms with Gasteiger partial charge < -0.3 is 20.1 Å². The van der Waals surface area contributed by atoms with Crippen LogP contribution in [0.3, 0.4) is 0 Å². The smallest absolute Gasteiger partial charge is 0.337 e. The number of thiocarbonyl (C=S) groups is 1. The van der Waals surface area contributed by atoms with Gasteiger partial charge in [0.2, 0.25) is 11.2 Å². The summed E-state index contributed by atoms with van der Waals surface area (Å²) in [5.74, 6) is -1.92. The van der Waals surface area contributed by atoms with E-state index in [4.69, 9.17) is 21.5 Å². The van der Waals surface area contributed by atoms with Crippen LogP contribution in [0.1, 0.15) is 28.0 Å². The van der Waals surface area contributed by atoms with Crippen molar-refractivity contribution in [3.8, 4) is 0 Å². The number of methoxy groups -OCH3 is 1. The first-order valence-corrected chi connectivity index (χ1v) is 13.5. The van der Waals surface area contributed by atoms with Gasteiger partial charge in [-0.05, 0) is 64.8 Å². The third-order valence-corrected chi connectivity index (χ3v) is 7.15. The first kappa shape index (κ1) is 29.1. The monoisotopic (exact) mass is 598 g/mol. The van der Waals surface area contributed by atoms with E-state index in [0.29, 0.717) is 28.2 Å². The molecule has 1 unspecified atom stereocenters. The lowest BCUT2D eigenvalue weighted by atomic mass is 10.1. The molecule has 1 aromatic heterocycles. The van der Waals surface area contributed by atoms with Crippen LogP contribution in [0.5, 0.6) is 0 Å². The summed E-state index contributed by atoms with van der Waals surface area (Å²) in [6, 6.07) is 22.5. The Morgan fingerprint density at radius 1 is 1.05 bits per heavy atom. The van der Waals surface area contributed by atoms with E-state index in [9.17, 15) is 19.5 Å². The first-order chi connectivity index (χ1) is 20.8. The fourth-order valence-corrected chi connectivity index (χ4v) is 4.90. The number of benzene rings is 3. The Morgan fingerprint density at radius 2 is 1.70 bits per heavy atom.